The number of rotatable bonds is 5. The average molecular weight is 247 g/mol. The van der Waals surface area contributed by atoms with Crippen LogP contribution in [0, 0.1) is 6.92 Å². The van der Waals surface area contributed by atoms with Gasteiger partial charge in [0.15, 0.2) is 11.5 Å². The Labute approximate surface area is 108 Å². The minimum absolute atomic E-state index is 0.218. The SMILES string of the molecule is Cc1nc2cc(CCN(C)CC(C)N)ccc2o1. The fourth-order valence-electron chi connectivity index (χ4n) is 2.15. The van der Waals surface area contributed by atoms with Gasteiger partial charge in [0.05, 0.1) is 0 Å². The van der Waals surface area contributed by atoms with Gasteiger partial charge >= 0.3 is 0 Å². The van der Waals surface area contributed by atoms with Crippen LogP contribution in [0.2, 0.25) is 0 Å². The van der Waals surface area contributed by atoms with Gasteiger partial charge < -0.3 is 15.1 Å². The lowest BCUT2D eigenvalue weighted by molar-refractivity contribution is 0.321. The first-order valence-corrected chi connectivity index (χ1v) is 6.35. The van der Waals surface area contributed by atoms with Gasteiger partial charge in [-0.3, -0.25) is 0 Å². The molecule has 0 spiro atoms. The summed E-state index contributed by atoms with van der Waals surface area (Å²) in [6, 6.07) is 6.42. The summed E-state index contributed by atoms with van der Waals surface area (Å²) in [7, 11) is 2.10. The number of hydrogen-bond donors (Lipinski definition) is 1. The first-order valence-electron chi connectivity index (χ1n) is 6.35. The third-order valence-corrected chi connectivity index (χ3v) is 2.94. The van der Waals surface area contributed by atoms with E-state index in [1.807, 2.05) is 19.9 Å². The normalized spacial score (nSPS) is 13.4. The number of likely N-dealkylation sites (N-methyl/N-ethyl adjacent to an activating group) is 1. The standard InChI is InChI=1S/C14H21N3O/c1-10(15)9-17(3)7-6-12-4-5-14-13(8-12)16-11(2)18-14/h4-5,8,10H,6-7,9,15H2,1-3H3. The van der Waals surface area contributed by atoms with E-state index in [-0.39, 0.29) is 6.04 Å². The summed E-state index contributed by atoms with van der Waals surface area (Å²) < 4.78 is 5.46. The minimum Gasteiger partial charge on any atom is -0.441 e. The van der Waals surface area contributed by atoms with Gasteiger partial charge in [0, 0.05) is 26.1 Å². The van der Waals surface area contributed by atoms with Gasteiger partial charge in [-0.25, -0.2) is 4.98 Å². The van der Waals surface area contributed by atoms with Crippen LogP contribution in [0.3, 0.4) is 0 Å². The minimum atomic E-state index is 0.218. The monoisotopic (exact) mass is 247 g/mol. The highest BCUT2D eigenvalue weighted by molar-refractivity contribution is 5.73. The lowest BCUT2D eigenvalue weighted by atomic mass is 10.1. The Morgan fingerprint density at radius 2 is 2.22 bits per heavy atom. The van der Waals surface area contributed by atoms with Gasteiger partial charge in [-0.05, 0) is 38.1 Å². The fourth-order valence-corrected chi connectivity index (χ4v) is 2.15. The van der Waals surface area contributed by atoms with Crippen LogP contribution in [0.1, 0.15) is 18.4 Å². The molecule has 0 fully saturated rings. The maximum atomic E-state index is 5.78. The number of aromatic nitrogens is 1. The molecule has 2 rings (SSSR count). The van der Waals surface area contributed by atoms with E-state index in [9.17, 15) is 0 Å². The van der Waals surface area contributed by atoms with E-state index >= 15 is 0 Å². The Bertz CT molecular complexity index is 519. The van der Waals surface area contributed by atoms with Gasteiger partial charge in [-0.15, -0.1) is 0 Å². The predicted molar refractivity (Wildman–Crippen MR) is 73.6 cm³/mol. The van der Waals surface area contributed by atoms with E-state index in [0.29, 0.717) is 0 Å². The van der Waals surface area contributed by atoms with Crippen molar-refractivity contribution < 1.29 is 4.42 Å². The van der Waals surface area contributed by atoms with Gasteiger partial charge in [0.2, 0.25) is 0 Å². The lowest BCUT2D eigenvalue weighted by Crippen LogP contribution is -2.34. The number of hydrogen-bond acceptors (Lipinski definition) is 4. The van der Waals surface area contributed by atoms with Crippen molar-refractivity contribution in [2.45, 2.75) is 26.3 Å². The van der Waals surface area contributed by atoms with Crippen LogP contribution in [0.4, 0.5) is 0 Å². The van der Waals surface area contributed by atoms with Crippen molar-refractivity contribution in [3.63, 3.8) is 0 Å². The first kappa shape index (κ1) is 13.1. The summed E-state index contributed by atoms with van der Waals surface area (Å²) in [4.78, 5) is 6.60. The third-order valence-electron chi connectivity index (χ3n) is 2.94. The quantitative estimate of drug-likeness (QED) is 0.877. The maximum Gasteiger partial charge on any atom is 0.192 e. The van der Waals surface area contributed by atoms with Crippen molar-refractivity contribution in [2.24, 2.45) is 5.73 Å². The maximum absolute atomic E-state index is 5.78. The lowest BCUT2D eigenvalue weighted by Gasteiger charge is -2.18. The van der Waals surface area contributed by atoms with Gasteiger partial charge in [0.25, 0.3) is 0 Å². The zero-order valence-electron chi connectivity index (χ0n) is 11.3. The molecule has 0 radical (unpaired) electrons. The van der Waals surface area contributed by atoms with Crippen LogP contribution in [0.25, 0.3) is 11.1 Å². The molecule has 0 aliphatic heterocycles. The summed E-state index contributed by atoms with van der Waals surface area (Å²) >= 11 is 0. The smallest absolute Gasteiger partial charge is 0.192 e. The molecule has 0 amide bonds. The predicted octanol–water partition coefficient (Wildman–Crippen LogP) is 1.96. The highest BCUT2D eigenvalue weighted by Crippen LogP contribution is 2.17. The molecular formula is C14H21N3O. The highest BCUT2D eigenvalue weighted by atomic mass is 16.3. The Kier molecular flexibility index (Phi) is 3.99. The van der Waals surface area contributed by atoms with Crippen LogP contribution < -0.4 is 5.73 Å². The molecule has 0 bridgehead atoms. The number of oxazole rings is 1. The third kappa shape index (κ3) is 3.31. The molecule has 1 unspecified atom stereocenters. The number of aryl methyl sites for hydroxylation is 1. The van der Waals surface area contributed by atoms with Crippen molar-refractivity contribution in [3.05, 3.63) is 29.7 Å². The van der Waals surface area contributed by atoms with Crippen molar-refractivity contribution in [2.75, 3.05) is 20.1 Å². The topological polar surface area (TPSA) is 55.3 Å². The van der Waals surface area contributed by atoms with Crippen molar-refractivity contribution >= 4 is 11.1 Å². The molecule has 4 nitrogen and oxygen atoms in total. The molecule has 0 aliphatic rings. The van der Waals surface area contributed by atoms with Gasteiger partial charge in [-0.2, -0.15) is 0 Å². The largest absolute Gasteiger partial charge is 0.441 e. The molecule has 1 aromatic heterocycles. The van der Waals surface area contributed by atoms with E-state index in [0.717, 1.165) is 36.5 Å². The Balaban J connectivity index is 1.99. The van der Waals surface area contributed by atoms with E-state index in [1.165, 1.54) is 5.56 Å². The van der Waals surface area contributed by atoms with Crippen LogP contribution in [0.5, 0.6) is 0 Å². The van der Waals surface area contributed by atoms with Crippen molar-refractivity contribution in [1.29, 1.82) is 0 Å². The summed E-state index contributed by atoms with van der Waals surface area (Å²) in [6.45, 7) is 5.83. The average Bonchev–Trinajstić information content (AvgIpc) is 2.64. The second-order valence-corrected chi connectivity index (χ2v) is 5.02. The zero-order valence-corrected chi connectivity index (χ0v) is 11.3. The second-order valence-electron chi connectivity index (χ2n) is 5.02. The van der Waals surface area contributed by atoms with Crippen LogP contribution in [0.15, 0.2) is 22.6 Å². The molecule has 18 heavy (non-hydrogen) atoms. The fraction of sp³-hybridized carbons (Fsp3) is 0.500. The highest BCUT2D eigenvalue weighted by Gasteiger charge is 2.05. The molecule has 0 aliphatic carbocycles. The van der Waals surface area contributed by atoms with E-state index in [4.69, 9.17) is 10.2 Å². The first-order chi connectivity index (χ1) is 8.54. The van der Waals surface area contributed by atoms with E-state index in [2.05, 4.69) is 29.1 Å². The Hall–Kier alpha value is -1.39. The van der Waals surface area contributed by atoms with Gasteiger partial charge in [0.1, 0.15) is 5.52 Å². The molecule has 2 N–H and O–H groups in total. The molecule has 0 saturated heterocycles. The van der Waals surface area contributed by atoms with Crippen LogP contribution in [-0.4, -0.2) is 36.1 Å². The number of nitrogens with zero attached hydrogens (tertiary/aromatic N) is 2. The number of benzene rings is 1. The zero-order chi connectivity index (χ0) is 13.1. The van der Waals surface area contributed by atoms with Crippen molar-refractivity contribution in [3.8, 4) is 0 Å². The molecule has 2 aromatic rings. The molecule has 98 valence electrons. The molecular weight excluding hydrogens is 226 g/mol. The second kappa shape index (κ2) is 5.50. The molecule has 1 aromatic carbocycles. The van der Waals surface area contributed by atoms with Crippen molar-refractivity contribution in [1.82, 2.24) is 9.88 Å². The number of fused-ring (bicyclic) bond motifs is 1. The summed E-state index contributed by atoms with van der Waals surface area (Å²) in [5, 5.41) is 0. The van der Waals surface area contributed by atoms with Crippen LogP contribution in [-0.2, 0) is 6.42 Å². The Morgan fingerprint density at radius 1 is 1.44 bits per heavy atom. The molecule has 4 heteroatoms. The summed E-state index contributed by atoms with van der Waals surface area (Å²) in [5.41, 5.74) is 8.87. The summed E-state index contributed by atoms with van der Waals surface area (Å²) in [5.74, 6) is 0.719. The van der Waals surface area contributed by atoms with Gasteiger partial charge in [-0.1, -0.05) is 6.07 Å². The molecule has 1 heterocycles. The van der Waals surface area contributed by atoms with E-state index in [1.54, 1.807) is 0 Å². The Morgan fingerprint density at radius 3 is 2.94 bits per heavy atom. The molecule has 0 saturated carbocycles. The number of nitrogens with two attached hydrogens (primary N) is 1. The molecule has 1 atom stereocenters. The van der Waals surface area contributed by atoms with Crippen LogP contribution >= 0.6 is 0 Å². The van der Waals surface area contributed by atoms with E-state index < -0.39 is 0 Å². The summed E-state index contributed by atoms with van der Waals surface area (Å²) in [6.07, 6.45) is 1.01.